The maximum absolute atomic E-state index is 14.7. The van der Waals surface area contributed by atoms with Gasteiger partial charge in [0, 0.05) is 37.8 Å². The van der Waals surface area contributed by atoms with Gasteiger partial charge in [-0.2, -0.15) is 0 Å². The van der Waals surface area contributed by atoms with Crippen LogP contribution in [0, 0.1) is 0 Å². The summed E-state index contributed by atoms with van der Waals surface area (Å²) >= 11 is 13.5. The normalized spacial score (nSPS) is 17.2. The van der Waals surface area contributed by atoms with E-state index in [1.165, 1.54) is 11.1 Å². The first-order valence-corrected chi connectivity index (χ1v) is 15.7. The highest BCUT2D eigenvalue weighted by Gasteiger charge is 2.34. The van der Waals surface area contributed by atoms with E-state index in [2.05, 4.69) is 53.4 Å². The van der Waals surface area contributed by atoms with Gasteiger partial charge in [-0.25, -0.2) is 4.67 Å². The summed E-state index contributed by atoms with van der Waals surface area (Å²) in [6, 6.07) is 40.6. The van der Waals surface area contributed by atoms with Gasteiger partial charge in [0.1, 0.15) is 0 Å². The van der Waals surface area contributed by atoms with Crippen molar-refractivity contribution < 1.29 is 4.57 Å². The van der Waals surface area contributed by atoms with Crippen molar-refractivity contribution in [3.8, 4) is 0 Å². The SMILES string of the molecule is O=P(C=C(Cl)c1ccccc1)(C=C(Cl)c1ccccc1)N1CCN(C(c2ccccc2)c2ccccc2)CC1. The highest BCUT2D eigenvalue weighted by Crippen LogP contribution is 2.57. The second kappa shape index (κ2) is 13.0. The zero-order valence-electron chi connectivity index (χ0n) is 21.6. The average molecular weight is 574 g/mol. The van der Waals surface area contributed by atoms with Gasteiger partial charge in [0.05, 0.1) is 16.1 Å². The third kappa shape index (κ3) is 6.81. The molecular formula is C33H31Cl2N2OP. The summed E-state index contributed by atoms with van der Waals surface area (Å²) in [6.45, 7) is 2.76. The van der Waals surface area contributed by atoms with Crippen LogP contribution in [0.3, 0.4) is 0 Å². The van der Waals surface area contributed by atoms with Crippen LogP contribution in [0.4, 0.5) is 0 Å². The molecule has 1 fully saturated rings. The van der Waals surface area contributed by atoms with E-state index in [4.69, 9.17) is 23.2 Å². The van der Waals surface area contributed by atoms with Crippen molar-refractivity contribution in [3.05, 3.63) is 155 Å². The Hall–Kier alpha value is -2.91. The van der Waals surface area contributed by atoms with Crippen LogP contribution >= 0.6 is 30.5 Å². The molecule has 0 unspecified atom stereocenters. The number of benzene rings is 4. The van der Waals surface area contributed by atoms with Gasteiger partial charge in [-0.05, 0) is 22.3 Å². The van der Waals surface area contributed by atoms with E-state index in [0.717, 1.165) is 24.2 Å². The summed E-state index contributed by atoms with van der Waals surface area (Å²) in [5.41, 5.74) is 4.16. The van der Waals surface area contributed by atoms with Crippen molar-refractivity contribution in [1.29, 1.82) is 0 Å². The van der Waals surface area contributed by atoms with E-state index in [1.807, 2.05) is 77.5 Å². The fraction of sp³-hybridized carbons (Fsp3) is 0.152. The lowest BCUT2D eigenvalue weighted by molar-refractivity contribution is 0.156. The van der Waals surface area contributed by atoms with Crippen molar-refractivity contribution in [2.75, 3.05) is 26.2 Å². The molecule has 0 atom stereocenters. The maximum atomic E-state index is 14.7. The van der Waals surface area contributed by atoms with E-state index in [1.54, 1.807) is 11.6 Å². The molecule has 0 spiro atoms. The Morgan fingerprint density at radius 3 is 1.33 bits per heavy atom. The molecule has 39 heavy (non-hydrogen) atoms. The van der Waals surface area contributed by atoms with Crippen LogP contribution in [-0.4, -0.2) is 35.7 Å². The van der Waals surface area contributed by atoms with Gasteiger partial charge in [0.25, 0.3) is 0 Å². The lowest BCUT2D eigenvalue weighted by atomic mass is 9.96. The molecule has 198 valence electrons. The molecule has 1 aliphatic rings. The largest absolute Gasteiger partial charge is 0.297 e. The predicted octanol–water partition coefficient (Wildman–Crippen LogP) is 9.15. The summed E-state index contributed by atoms with van der Waals surface area (Å²) in [5.74, 6) is 3.41. The Morgan fingerprint density at radius 1 is 0.590 bits per heavy atom. The highest BCUT2D eigenvalue weighted by atomic mass is 35.5. The number of piperazine rings is 1. The van der Waals surface area contributed by atoms with Crippen LogP contribution in [-0.2, 0) is 4.57 Å². The quantitative estimate of drug-likeness (QED) is 0.197. The van der Waals surface area contributed by atoms with E-state index < -0.39 is 7.29 Å². The van der Waals surface area contributed by atoms with Crippen molar-refractivity contribution >= 4 is 40.6 Å². The topological polar surface area (TPSA) is 23.6 Å². The smallest absolute Gasteiger partial charge is 0.196 e. The number of rotatable bonds is 8. The van der Waals surface area contributed by atoms with Gasteiger partial charge in [-0.15, -0.1) is 0 Å². The van der Waals surface area contributed by atoms with Gasteiger partial charge in [-0.3, -0.25) is 9.46 Å². The molecule has 1 aliphatic heterocycles. The maximum Gasteiger partial charge on any atom is 0.196 e. The molecule has 0 bridgehead atoms. The molecular weight excluding hydrogens is 542 g/mol. The molecule has 1 saturated heterocycles. The van der Waals surface area contributed by atoms with Crippen LogP contribution in [0.1, 0.15) is 28.3 Å². The zero-order chi connectivity index (χ0) is 27.1. The van der Waals surface area contributed by atoms with Gasteiger partial charge < -0.3 is 0 Å². The Bertz CT molecular complexity index is 1350. The number of nitrogens with zero attached hydrogens (tertiary/aromatic N) is 2. The Balaban J connectivity index is 1.45. The molecule has 0 aliphatic carbocycles. The molecule has 1 heterocycles. The second-order valence-electron chi connectivity index (χ2n) is 9.57. The lowest BCUT2D eigenvalue weighted by Gasteiger charge is -2.41. The van der Waals surface area contributed by atoms with Crippen molar-refractivity contribution in [2.45, 2.75) is 6.04 Å². The molecule has 4 aromatic rings. The molecule has 5 rings (SSSR count). The Kier molecular flexibility index (Phi) is 9.19. The fourth-order valence-electron chi connectivity index (χ4n) is 5.04. The molecule has 4 aromatic carbocycles. The predicted molar refractivity (Wildman–Crippen MR) is 166 cm³/mol. The minimum atomic E-state index is -3.22. The van der Waals surface area contributed by atoms with E-state index in [-0.39, 0.29) is 6.04 Å². The van der Waals surface area contributed by atoms with E-state index >= 15 is 0 Å². The van der Waals surface area contributed by atoms with Gasteiger partial charge in [-0.1, -0.05) is 145 Å². The first kappa shape index (κ1) is 27.6. The molecule has 0 N–H and O–H groups in total. The number of halogens is 2. The fourth-order valence-corrected chi connectivity index (χ4v) is 8.28. The Morgan fingerprint density at radius 2 is 0.949 bits per heavy atom. The van der Waals surface area contributed by atoms with Crippen LogP contribution in [0.25, 0.3) is 10.1 Å². The Labute approximate surface area is 241 Å². The summed E-state index contributed by atoms with van der Waals surface area (Å²) in [5, 5.41) is 0.920. The standard InChI is InChI=1S/C33H31Cl2N2OP/c34-31(27-13-5-1-6-14-27)25-39(38,26-32(35)28-15-7-2-8-16-28)37-23-21-36(22-24-37)33(29-17-9-3-10-18-29)30-19-11-4-12-20-30/h1-20,25-26,33H,21-24H2. The van der Waals surface area contributed by atoms with Crippen molar-refractivity contribution in [1.82, 2.24) is 9.57 Å². The van der Waals surface area contributed by atoms with Gasteiger partial charge in [0.15, 0.2) is 7.29 Å². The number of hydrogen-bond donors (Lipinski definition) is 0. The van der Waals surface area contributed by atoms with Gasteiger partial charge in [0.2, 0.25) is 0 Å². The summed E-state index contributed by atoms with van der Waals surface area (Å²) in [7, 11) is -3.22. The molecule has 0 radical (unpaired) electrons. The van der Waals surface area contributed by atoms with Crippen LogP contribution in [0.15, 0.2) is 133 Å². The second-order valence-corrected chi connectivity index (χ2v) is 12.8. The highest BCUT2D eigenvalue weighted by molar-refractivity contribution is 7.68. The van der Waals surface area contributed by atoms with E-state index in [0.29, 0.717) is 23.2 Å². The minimum absolute atomic E-state index is 0.126. The summed E-state index contributed by atoms with van der Waals surface area (Å²) in [4.78, 5) is 2.47. The van der Waals surface area contributed by atoms with Crippen LogP contribution < -0.4 is 0 Å². The third-order valence-corrected chi connectivity index (χ3v) is 10.5. The zero-order valence-corrected chi connectivity index (χ0v) is 24.0. The first-order valence-electron chi connectivity index (χ1n) is 13.1. The lowest BCUT2D eigenvalue weighted by Crippen LogP contribution is -2.46. The van der Waals surface area contributed by atoms with Crippen LogP contribution in [0.5, 0.6) is 0 Å². The molecule has 3 nitrogen and oxygen atoms in total. The average Bonchev–Trinajstić information content (AvgIpc) is 2.99. The van der Waals surface area contributed by atoms with E-state index in [9.17, 15) is 4.57 Å². The molecule has 0 amide bonds. The van der Waals surface area contributed by atoms with Crippen molar-refractivity contribution in [2.24, 2.45) is 0 Å². The molecule has 0 aromatic heterocycles. The van der Waals surface area contributed by atoms with Crippen LogP contribution in [0.2, 0.25) is 0 Å². The van der Waals surface area contributed by atoms with Crippen molar-refractivity contribution in [3.63, 3.8) is 0 Å². The number of hydrogen-bond acceptors (Lipinski definition) is 2. The monoisotopic (exact) mass is 572 g/mol. The first-order chi connectivity index (χ1) is 19.0. The molecule has 0 saturated carbocycles. The summed E-state index contributed by atoms with van der Waals surface area (Å²) < 4.78 is 16.8. The third-order valence-electron chi connectivity index (χ3n) is 7.02. The minimum Gasteiger partial charge on any atom is -0.297 e. The molecule has 6 heteroatoms. The van der Waals surface area contributed by atoms with Gasteiger partial charge >= 0.3 is 0 Å². The summed E-state index contributed by atoms with van der Waals surface area (Å²) in [6.07, 6.45) is 0.